The lowest BCUT2D eigenvalue weighted by molar-refractivity contribution is 1.43. The molecule has 0 N–H and O–H groups in total. The monoisotopic (exact) mass is 146 g/mol. The Balaban J connectivity index is 3.43. The smallest absolute Gasteiger partial charge is 0.181 e. The first-order chi connectivity index (χ1) is 5.24. The average Bonchev–Trinajstić information content (AvgIpc) is 2.15. The Morgan fingerprint density at radius 2 is 2.18 bits per heavy atom. The highest BCUT2D eigenvalue weighted by molar-refractivity contribution is 5.46. The second-order valence-corrected chi connectivity index (χ2v) is 2.42. The highest BCUT2D eigenvalue weighted by Crippen LogP contribution is 1.98. The molecule has 1 aromatic rings. The van der Waals surface area contributed by atoms with Crippen LogP contribution in [0.25, 0.3) is 6.08 Å². The summed E-state index contributed by atoms with van der Waals surface area (Å²) >= 11 is 0. The maximum Gasteiger partial charge on any atom is 0.181 e. The Kier molecular flexibility index (Phi) is 2.21. The van der Waals surface area contributed by atoms with Gasteiger partial charge in [-0.2, -0.15) is 0 Å². The van der Waals surface area contributed by atoms with Gasteiger partial charge in [-0.25, -0.2) is 0 Å². The van der Waals surface area contributed by atoms with Crippen LogP contribution in [-0.4, -0.2) is 0 Å². The molecule has 0 unspecified atom stereocenters. The van der Waals surface area contributed by atoms with Crippen LogP contribution in [0.15, 0.2) is 35.6 Å². The van der Waals surface area contributed by atoms with Crippen molar-refractivity contribution in [2.24, 2.45) is 0 Å². The summed E-state index contributed by atoms with van der Waals surface area (Å²) in [5, 5.41) is 0. The second kappa shape index (κ2) is 3.15. The zero-order chi connectivity index (χ0) is 8.27. The molecule has 0 atom stereocenters. The van der Waals surface area contributed by atoms with E-state index in [4.69, 9.17) is 0 Å². The molecule has 0 fully saturated rings. The maximum absolute atomic E-state index is 11.1. The van der Waals surface area contributed by atoms with Gasteiger partial charge in [0.2, 0.25) is 0 Å². The summed E-state index contributed by atoms with van der Waals surface area (Å²) < 4.78 is 0. The van der Waals surface area contributed by atoms with Crippen LogP contribution in [0.2, 0.25) is 0 Å². The fourth-order valence-electron chi connectivity index (χ4n) is 0.874. The van der Waals surface area contributed by atoms with E-state index in [2.05, 4.69) is 6.58 Å². The van der Waals surface area contributed by atoms with Crippen molar-refractivity contribution in [1.29, 1.82) is 0 Å². The summed E-state index contributed by atoms with van der Waals surface area (Å²) in [4.78, 5) is 11.1. The molecule has 1 aromatic carbocycles. The molecule has 0 aromatic heterocycles. The first-order valence-corrected chi connectivity index (χ1v) is 3.47. The minimum absolute atomic E-state index is 0.0677. The van der Waals surface area contributed by atoms with Gasteiger partial charge in [0.15, 0.2) is 5.43 Å². The minimum atomic E-state index is 0.0677. The molecule has 0 bridgehead atoms. The quantitative estimate of drug-likeness (QED) is 0.592. The van der Waals surface area contributed by atoms with E-state index in [1.54, 1.807) is 25.1 Å². The van der Waals surface area contributed by atoms with Gasteiger partial charge in [-0.15, -0.1) is 0 Å². The minimum Gasteiger partial charge on any atom is -0.290 e. The van der Waals surface area contributed by atoms with Crippen LogP contribution in [0.5, 0.6) is 0 Å². The van der Waals surface area contributed by atoms with Crippen molar-refractivity contribution in [3.63, 3.8) is 0 Å². The molecule has 0 amide bonds. The van der Waals surface area contributed by atoms with Gasteiger partial charge >= 0.3 is 0 Å². The van der Waals surface area contributed by atoms with Crippen LogP contribution in [0.3, 0.4) is 0 Å². The number of aryl methyl sites for hydroxylation is 1. The van der Waals surface area contributed by atoms with Gasteiger partial charge in [0.25, 0.3) is 0 Å². The Bertz CT molecular complexity index is 326. The summed E-state index contributed by atoms with van der Waals surface area (Å²) in [7, 11) is 0. The summed E-state index contributed by atoms with van der Waals surface area (Å²) in [6, 6.07) is 6.99. The Morgan fingerprint density at radius 3 is 2.82 bits per heavy atom. The fourth-order valence-corrected chi connectivity index (χ4v) is 0.874. The Morgan fingerprint density at radius 1 is 1.45 bits per heavy atom. The van der Waals surface area contributed by atoms with E-state index in [-0.39, 0.29) is 5.43 Å². The van der Waals surface area contributed by atoms with E-state index < -0.39 is 0 Å². The van der Waals surface area contributed by atoms with Crippen molar-refractivity contribution in [2.45, 2.75) is 6.92 Å². The summed E-state index contributed by atoms with van der Waals surface area (Å²) in [6.45, 7) is 5.43. The van der Waals surface area contributed by atoms with Crippen LogP contribution in [-0.2, 0) is 0 Å². The molecular formula is C10H10O. The highest BCUT2D eigenvalue weighted by Gasteiger charge is 1.88. The molecule has 1 heteroatoms. The molecule has 1 rings (SSSR count). The normalized spacial score (nSPS) is 9.18. The van der Waals surface area contributed by atoms with Gasteiger partial charge in [0.1, 0.15) is 0 Å². The molecule has 1 nitrogen and oxygen atoms in total. The molecule has 11 heavy (non-hydrogen) atoms. The standard InChI is InChI=1S/C10H10O/c1-3-9-5-4-6-10(11)8(2)7-9/h3-7H,1H2,2H3. The predicted molar refractivity (Wildman–Crippen MR) is 47.5 cm³/mol. The predicted octanol–water partition coefficient (Wildman–Crippen LogP) is 2.00. The third-order valence-corrected chi connectivity index (χ3v) is 1.54. The Hall–Kier alpha value is -1.37. The van der Waals surface area contributed by atoms with E-state index in [9.17, 15) is 4.79 Å². The topological polar surface area (TPSA) is 17.1 Å². The van der Waals surface area contributed by atoms with Crippen molar-refractivity contribution in [3.8, 4) is 0 Å². The fraction of sp³-hybridized carbons (Fsp3) is 0.100. The van der Waals surface area contributed by atoms with Crippen molar-refractivity contribution in [2.75, 3.05) is 0 Å². The van der Waals surface area contributed by atoms with E-state index in [1.807, 2.05) is 12.1 Å². The molecule has 0 radical (unpaired) electrons. The van der Waals surface area contributed by atoms with E-state index in [1.165, 1.54) is 0 Å². The number of rotatable bonds is 1. The van der Waals surface area contributed by atoms with Gasteiger partial charge in [-0.05, 0) is 30.2 Å². The number of hydrogen-bond donors (Lipinski definition) is 0. The van der Waals surface area contributed by atoms with Crippen molar-refractivity contribution < 1.29 is 0 Å². The second-order valence-electron chi connectivity index (χ2n) is 2.42. The molecule has 0 saturated carbocycles. The molecule has 0 saturated heterocycles. The average molecular weight is 146 g/mol. The van der Waals surface area contributed by atoms with Crippen LogP contribution in [0, 0.1) is 6.92 Å². The molecule has 0 aliphatic rings. The first kappa shape index (κ1) is 7.73. The number of hydrogen-bond acceptors (Lipinski definition) is 1. The van der Waals surface area contributed by atoms with Crippen LogP contribution in [0.1, 0.15) is 11.1 Å². The molecule has 0 aliphatic carbocycles. The van der Waals surface area contributed by atoms with Crippen LogP contribution in [0.4, 0.5) is 0 Å². The van der Waals surface area contributed by atoms with E-state index >= 15 is 0 Å². The largest absolute Gasteiger partial charge is 0.290 e. The first-order valence-electron chi connectivity index (χ1n) is 3.47. The van der Waals surface area contributed by atoms with Crippen molar-refractivity contribution in [1.82, 2.24) is 0 Å². The SMILES string of the molecule is C=Cc1cccc(=O)c(C)c1. The third-order valence-electron chi connectivity index (χ3n) is 1.54. The molecule has 0 spiro atoms. The van der Waals surface area contributed by atoms with Gasteiger partial charge in [-0.3, -0.25) is 4.79 Å². The molecule has 0 aliphatic heterocycles. The zero-order valence-corrected chi connectivity index (χ0v) is 6.50. The third kappa shape index (κ3) is 1.77. The van der Waals surface area contributed by atoms with E-state index in [0.29, 0.717) is 0 Å². The van der Waals surface area contributed by atoms with Gasteiger partial charge < -0.3 is 0 Å². The lowest BCUT2D eigenvalue weighted by atomic mass is 10.2. The zero-order valence-electron chi connectivity index (χ0n) is 6.50. The summed E-state index contributed by atoms with van der Waals surface area (Å²) in [6.07, 6.45) is 1.73. The summed E-state index contributed by atoms with van der Waals surface area (Å²) in [5.74, 6) is 0. The van der Waals surface area contributed by atoms with Crippen LogP contribution < -0.4 is 5.43 Å². The van der Waals surface area contributed by atoms with Crippen molar-refractivity contribution in [3.05, 3.63) is 52.2 Å². The lowest BCUT2D eigenvalue weighted by Crippen LogP contribution is -1.96. The Labute approximate surface area is 66.0 Å². The molecule has 56 valence electrons. The lowest BCUT2D eigenvalue weighted by Gasteiger charge is -1.83. The summed E-state index contributed by atoms with van der Waals surface area (Å²) in [5.41, 5.74) is 1.80. The van der Waals surface area contributed by atoms with Crippen molar-refractivity contribution >= 4 is 6.08 Å². The van der Waals surface area contributed by atoms with Gasteiger partial charge in [0.05, 0.1) is 0 Å². The van der Waals surface area contributed by atoms with Gasteiger partial charge in [-0.1, -0.05) is 24.8 Å². The highest BCUT2D eigenvalue weighted by atomic mass is 16.1. The molecule has 0 heterocycles. The maximum atomic E-state index is 11.1. The van der Waals surface area contributed by atoms with Crippen LogP contribution >= 0.6 is 0 Å². The van der Waals surface area contributed by atoms with E-state index in [0.717, 1.165) is 11.1 Å². The van der Waals surface area contributed by atoms with Gasteiger partial charge in [0, 0.05) is 0 Å². The molecular weight excluding hydrogens is 136 g/mol.